The molecular weight excluding hydrogens is 212 g/mol. The van der Waals surface area contributed by atoms with Crippen LogP contribution < -0.4 is 0 Å². The van der Waals surface area contributed by atoms with Gasteiger partial charge in [-0.05, 0) is 24.5 Å². The van der Waals surface area contributed by atoms with Crippen molar-refractivity contribution in [1.29, 1.82) is 0 Å². The van der Waals surface area contributed by atoms with E-state index in [0.717, 1.165) is 13.1 Å². The Balaban J connectivity index is 2.12. The molecule has 3 nitrogen and oxygen atoms in total. The van der Waals surface area contributed by atoms with Crippen molar-refractivity contribution in [2.45, 2.75) is 46.7 Å². The minimum Gasteiger partial charge on any atom is -0.348 e. The van der Waals surface area contributed by atoms with Crippen LogP contribution >= 0.6 is 0 Å². The Morgan fingerprint density at radius 1 is 1.41 bits per heavy atom. The minimum absolute atomic E-state index is 0.0657. The minimum atomic E-state index is 0.0657. The largest absolute Gasteiger partial charge is 0.348 e. The van der Waals surface area contributed by atoms with E-state index in [2.05, 4.69) is 50.6 Å². The van der Waals surface area contributed by atoms with Gasteiger partial charge in [0, 0.05) is 31.4 Å². The summed E-state index contributed by atoms with van der Waals surface area (Å²) in [5, 5.41) is 0. The van der Waals surface area contributed by atoms with Crippen LogP contribution in [0.4, 0.5) is 0 Å². The van der Waals surface area contributed by atoms with Gasteiger partial charge in [0.25, 0.3) is 0 Å². The fraction of sp³-hybridized carbons (Fsp3) is 0.643. The van der Waals surface area contributed by atoms with Gasteiger partial charge < -0.3 is 9.47 Å². The summed E-state index contributed by atoms with van der Waals surface area (Å²) in [6, 6.07) is 4.37. The lowest BCUT2D eigenvalue weighted by Crippen LogP contribution is -2.41. The zero-order valence-corrected chi connectivity index (χ0v) is 11.2. The van der Waals surface area contributed by atoms with E-state index < -0.39 is 0 Å². The zero-order valence-electron chi connectivity index (χ0n) is 11.2. The second kappa shape index (κ2) is 4.21. The van der Waals surface area contributed by atoms with Crippen LogP contribution in [-0.2, 0) is 11.3 Å². The molecule has 0 saturated carbocycles. The average Bonchev–Trinajstić information content (AvgIpc) is 2.63. The van der Waals surface area contributed by atoms with Gasteiger partial charge in [0.05, 0.1) is 6.04 Å². The highest BCUT2D eigenvalue weighted by molar-refractivity contribution is 5.77. The molecule has 0 radical (unpaired) electrons. The Morgan fingerprint density at radius 3 is 2.76 bits per heavy atom. The van der Waals surface area contributed by atoms with Gasteiger partial charge in [-0.25, -0.2) is 0 Å². The Kier molecular flexibility index (Phi) is 3.02. The standard InChI is InChI=1S/C14H22N2O/c1-11-12-6-5-7-15(12)8-9-16(11)13(17)10-14(2,3)4/h5-7,11H,8-10H2,1-4H3. The van der Waals surface area contributed by atoms with Gasteiger partial charge in [-0.3, -0.25) is 4.79 Å². The first kappa shape index (κ1) is 12.2. The lowest BCUT2D eigenvalue weighted by Gasteiger charge is -2.36. The van der Waals surface area contributed by atoms with Crippen LogP contribution in [-0.4, -0.2) is 21.9 Å². The summed E-state index contributed by atoms with van der Waals surface area (Å²) in [4.78, 5) is 14.3. The van der Waals surface area contributed by atoms with Gasteiger partial charge in [-0.15, -0.1) is 0 Å². The van der Waals surface area contributed by atoms with E-state index in [1.165, 1.54) is 5.69 Å². The van der Waals surface area contributed by atoms with Crippen molar-refractivity contribution in [3.8, 4) is 0 Å². The maximum atomic E-state index is 12.3. The normalized spacial score (nSPS) is 20.2. The molecule has 1 aromatic heterocycles. The molecule has 2 rings (SSSR count). The van der Waals surface area contributed by atoms with E-state index in [1.54, 1.807) is 0 Å². The molecule has 1 amide bonds. The highest BCUT2D eigenvalue weighted by Gasteiger charge is 2.29. The van der Waals surface area contributed by atoms with Gasteiger partial charge in [0.2, 0.25) is 5.91 Å². The first-order chi connectivity index (χ1) is 7.88. The maximum Gasteiger partial charge on any atom is 0.223 e. The molecule has 0 bridgehead atoms. The van der Waals surface area contributed by atoms with Gasteiger partial charge in [-0.2, -0.15) is 0 Å². The molecular formula is C14H22N2O. The zero-order chi connectivity index (χ0) is 12.6. The molecule has 17 heavy (non-hydrogen) atoms. The van der Waals surface area contributed by atoms with Gasteiger partial charge in [0.1, 0.15) is 0 Å². The Hall–Kier alpha value is -1.25. The molecule has 0 fully saturated rings. The van der Waals surface area contributed by atoms with Crippen molar-refractivity contribution in [3.63, 3.8) is 0 Å². The SMILES string of the molecule is CC1c2cccn2CCN1C(=O)CC(C)(C)C. The Bertz CT molecular complexity index is 414. The summed E-state index contributed by atoms with van der Waals surface area (Å²) < 4.78 is 2.24. The molecule has 0 aliphatic carbocycles. The lowest BCUT2D eigenvalue weighted by atomic mass is 9.91. The van der Waals surface area contributed by atoms with Crippen LogP contribution in [0, 0.1) is 5.41 Å². The van der Waals surface area contributed by atoms with Crippen molar-refractivity contribution >= 4 is 5.91 Å². The lowest BCUT2D eigenvalue weighted by molar-refractivity contribution is -0.136. The van der Waals surface area contributed by atoms with E-state index in [0.29, 0.717) is 6.42 Å². The molecule has 1 aliphatic heterocycles. The number of carbonyl (C=O) groups is 1. The number of carbonyl (C=O) groups excluding carboxylic acids is 1. The van der Waals surface area contributed by atoms with Crippen molar-refractivity contribution < 1.29 is 4.79 Å². The number of aromatic nitrogens is 1. The third kappa shape index (κ3) is 2.54. The number of nitrogens with zero attached hydrogens (tertiary/aromatic N) is 2. The summed E-state index contributed by atoms with van der Waals surface area (Å²) in [5.74, 6) is 0.275. The quantitative estimate of drug-likeness (QED) is 0.733. The van der Waals surface area contributed by atoms with E-state index in [4.69, 9.17) is 0 Å². The molecule has 0 N–H and O–H groups in total. The Labute approximate surface area is 103 Å². The number of hydrogen-bond donors (Lipinski definition) is 0. The number of rotatable bonds is 1. The van der Waals surface area contributed by atoms with Crippen LogP contribution in [0.1, 0.15) is 45.9 Å². The third-order valence-corrected chi connectivity index (χ3v) is 3.34. The first-order valence-electron chi connectivity index (χ1n) is 6.33. The fourth-order valence-corrected chi connectivity index (χ4v) is 2.47. The molecule has 0 saturated heterocycles. The molecule has 2 heterocycles. The highest BCUT2D eigenvalue weighted by atomic mass is 16.2. The smallest absolute Gasteiger partial charge is 0.223 e. The van der Waals surface area contributed by atoms with E-state index in [9.17, 15) is 4.79 Å². The summed E-state index contributed by atoms with van der Waals surface area (Å²) in [7, 11) is 0. The molecule has 0 spiro atoms. The van der Waals surface area contributed by atoms with Crippen LogP contribution in [0.3, 0.4) is 0 Å². The van der Waals surface area contributed by atoms with Crippen LogP contribution in [0.5, 0.6) is 0 Å². The van der Waals surface area contributed by atoms with E-state index >= 15 is 0 Å². The number of fused-ring (bicyclic) bond motifs is 1. The second-order valence-corrected chi connectivity index (χ2v) is 6.13. The highest BCUT2D eigenvalue weighted by Crippen LogP contribution is 2.28. The van der Waals surface area contributed by atoms with E-state index in [1.807, 2.05) is 4.90 Å². The molecule has 1 unspecified atom stereocenters. The van der Waals surface area contributed by atoms with Crippen molar-refractivity contribution in [1.82, 2.24) is 9.47 Å². The predicted molar refractivity (Wildman–Crippen MR) is 68.6 cm³/mol. The van der Waals surface area contributed by atoms with Gasteiger partial charge in [-0.1, -0.05) is 20.8 Å². The van der Waals surface area contributed by atoms with Crippen LogP contribution in [0.2, 0.25) is 0 Å². The van der Waals surface area contributed by atoms with Crippen molar-refractivity contribution in [2.75, 3.05) is 6.54 Å². The van der Waals surface area contributed by atoms with Crippen molar-refractivity contribution in [3.05, 3.63) is 24.0 Å². The van der Waals surface area contributed by atoms with Crippen molar-refractivity contribution in [2.24, 2.45) is 5.41 Å². The third-order valence-electron chi connectivity index (χ3n) is 3.34. The van der Waals surface area contributed by atoms with Gasteiger partial charge >= 0.3 is 0 Å². The number of hydrogen-bond acceptors (Lipinski definition) is 1. The predicted octanol–water partition coefficient (Wildman–Crippen LogP) is 2.83. The first-order valence-corrected chi connectivity index (χ1v) is 6.33. The average molecular weight is 234 g/mol. The molecule has 3 heteroatoms. The number of amides is 1. The molecule has 94 valence electrons. The maximum absolute atomic E-state index is 12.3. The second-order valence-electron chi connectivity index (χ2n) is 6.13. The molecule has 1 aromatic rings. The fourth-order valence-electron chi connectivity index (χ4n) is 2.47. The van der Waals surface area contributed by atoms with Crippen LogP contribution in [0.25, 0.3) is 0 Å². The van der Waals surface area contributed by atoms with Crippen LogP contribution in [0.15, 0.2) is 18.3 Å². The summed E-state index contributed by atoms with van der Waals surface area (Å²) in [6.45, 7) is 10.2. The Morgan fingerprint density at radius 2 is 2.12 bits per heavy atom. The summed E-state index contributed by atoms with van der Waals surface area (Å²) in [6.07, 6.45) is 2.72. The van der Waals surface area contributed by atoms with Gasteiger partial charge in [0.15, 0.2) is 0 Å². The monoisotopic (exact) mass is 234 g/mol. The topological polar surface area (TPSA) is 25.2 Å². The summed E-state index contributed by atoms with van der Waals surface area (Å²) >= 11 is 0. The summed E-state index contributed by atoms with van der Waals surface area (Å²) in [5.41, 5.74) is 1.31. The van der Waals surface area contributed by atoms with E-state index in [-0.39, 0.29) is 17.4 Å². The molecule has 0 aromatic carbocycles. The molecule has 1 atom stereocenters. The molecule has 1 aliphatic rings.